The van der Waals surface area contributed by atoms with Crippen LogP contribution in [0.2, 0.25) is 5.15 Å². The van der Waals surface area contributed by atoms with Gasteiger partial charge in [0, 0.05) is 11.5 Å². The molecule has 17 heavy (non-hydrogen) atoms. The van der Waals surface area contributed by atoms with Crippen molar-refractivity contribution in [2.45, 2.75) is 35.9 Å². The minimum atomic E-state index is 0.483. The normalized spacial score (nSPS) is 15.2. The van der Waals surface area contributed by atoms with E-state index in [0.717, 1.165) is 29.3 Å². The second-order valence-electron chi connectivity index (χ2n) is 3.98. The fraction of sp³-hybridized carbons (Fsp3) is 0.364. The highest BCUT2D eigenvalue weighted by molar-refractivity contribution is 7.99. The molecule has 1 aliphatic carbocycles. The van der Waals surface area contributed by atoms with Gasteiger partial charge >= 0.3 is 0 Å². The number of oxazole rings is 1. The molecule has 0 saturated heterocycles. The van der Waals surface area contributed by atoms with Gasteiger partial charge in [-0.1, -0.05) is 11.6 Å². The maximum absolute atomic E-state index is 6.12. The second-order valence-corrected chi connectivity index (χ2v) is 5.28. The first-order valence-electron chi connectivity index (χ1n) is 5.35. The van der Waals surface area contributed by atoms with E-state index in [9.17, 15) is 0 Å². The molecule has 88 valence electrons. The molecule has 2 heterocycles. The zero-order chi connectivity index (χ0) is 11.8. The zero-order valence-electron chi connectivity index (χ0n) is 9.18. The minimum absolute atomic E-state index is 0.483. The molecule has 0 spiro atoms. The fourth-order valence-electron chi connectivity index (χ4n) is 1.45. The molecule has 0 radical (unpaired) electrons. The first kappa shape index (κ1) is 11.0. The summed E-state index contributed by atoms with van der Waals surface area (Å²) in [5, 5.41) is 1.93. The summed E-state index contributed by atoms with van der Waals surface area (Å²) in [5.74, 6) is 1.33. The number of nitrogens with zero attached hydrogens (tertiary/aromatic N) is 3. The molecule has 1 fully saturated rings. The van der Waals surface area contributed by atoms with E-state index in [-0.39, 0.29) is 0 Å². The molecule has 4 nitrogen and oxygen atoms in total. The lowest BCUT2D eigenvalue weighted by molar-refractivity contribution is 0.454. The van der Waals surface area contributed by atoms with Crippen molar-refractivity contribution in [3.63, 3.8) is 0 Å². The van der Waals surface area contributed by atoms with Crippen molar-refractivity contribution in [1.82, 2.24) is 15.0 Å². The van der Waals surface area contributed by atoms with Crippen LogP contribution in [0.3, 0.4) is 0 Å². The van der Waals surface area contributed by atoms with Crippen LogP contribution in [-0.2, 0) is 0 Å². The molecule has 1 aliphatic rings. The SMILES string of the molecule is Cc1c(Cl)nc(C2CC2)nc1Sc1ncco1. The highest BCUT2D eigenvalue weighted by atomic mass is 35.5. The van der Waals surface area contributed by atoms with Crippen LogP contribution < -0.4 is 0 Å². The van der Waals surface area contributed by atoms with Crippen molar-refractivity contribution in [3.8, 4) is 0 Å². The Morgan fingerprint density at radius 1 is 1.41 bits per heavy atom. The molecule has 6 heteroatoms. The van der Waals surface area contributed by atoms with E-state index in [1.54, 1.807) is 12.5 Å². The minimum Gasteiger partial charge on any atom is -0.440 e. The van der Waals surface area contributed by atoms with Crippen LogP contribution in [-0.4, -0.2) is 15.0 Å². The van der Waals surface area contributed by atoms with Crippen molar-refractivity contribution in [1.29, 1.82) is 0 Å². The monoisotopic (exact) mass is 267 g/mol. The van der Waals surface area contributed by atoms with Crippen molar-refractivity contribution in [2.24, 2.45) is 0 Å². The van der Waals surface area contributed by atoms with Crippen LogP contribution in [0.5, 0.6) is 0 Å². The van der Waals surface area contributed by atoms with Gasteiger partial charge in [-0.25, -0.2) is 15.0 Å². The van der Waals surface area contributed by atoms with Crippen LogP contribution in [0.25, 0.3) is 0 Å². The lowest BCUT2D eigenvalue weighted by atomic mass is 10.3. The molecule has 3 rings (SSSR count). The Morgan fingerprint density at radius 2 is 2.24 bits per heavy atom. The molecule has 1 saturated carbocycles. The average Bonchev–Trinajstić information content (AvgIpc) is 3.04. The summed E-state index contributed by atoms with van der Waals surface area (Å²) in [6.45, 7) is 1.91. The summed E-state index contributed by atoms with van der Waals surface area (Å²) in [7, 11) is 0. The highest BCUT2D eigenvalue weighted by Crippen LogP contribution is 2.40. The second kappa shape index (κ2) is 4.31. The topological polar surface area (TPSA) is 51.8 Å². The highest BCUT2D eigenvalue weighted by Gasteiger charge is 2.28. The maximum Gasteiger partial charge on any atom is 0.261 e. The Kier molecular flexibility index (Phi) is 2.80. The molecule has 2 aromatic heterocycles. The lowest BCUT2D eigenvalue weighted by Crippen LogP contribution is -1.98. The van der Waals surface area contributed by atoms with Crippen LogP contribution in [0.1, 0.15) is 30.1 Å². The van der Waals surface area contributed by atoms with Gasteiger partial charge in [0.15, 0.2) is 0 Å². The smallest absolute Gasteiger partial charge is 0.261 e. The zero-order valence-corrected chi connectivity index (χ0v) is 10.8. The fourth-order valence-corrected chi connectivity index (χ4v) is 2.46. The molecule has 0 bridgehead atoms. The lowest BCUT2D eigenvalue weighted by Gasteiger charge is -2.06. The van der Waals surface area contributed by atoms with E-state index >= 15 is 0 Å². The van der Waals surface area contributed by atoms with Gasteiger partial charge in [0.1, 0.15) is 22.3 Å². The van der Waals surface area contributed by atoms with Gasteiger partial charge in [-0.3, -0.25) is 0 Å². The first-order valence-corrected chi connectivity index (χ1v) is 6.55. The Bertz CT molecular complexity index is 540. The van der Waals surface area contributed by atoms with Crippen molar-refractivity contribution in [3.05, 3.63) is 29.0 Å². The van der Waals surface area contributed by atoms with Gasteiger partial charge in [-0.05, 0) is 31.5 Å². The summed E-state index contributed by atoms with van der Waals surface area (Å²) >= 11 is 7.50. The van der Waals surface area contributed by atoms with E-state index in [1.165, 1.54) is 11.8 Å². The molecule has 0 aromatic carbocycles. The summed E-state index contributed by atoms with van der Waals surface area (Å²) in [6, 6.07) is 0. The predicted octanol–water partition coefficient (Wildman–Crippen LogP) is 3.46. The first-order chi connectivity index (χ1) is 8.24. The molecule has 0 atom stereocenters. The average molecular weight is 268 g/mol. The summed E-state index contributed by atoms with van der Waals surface area (Å²) < 4.78 is 5.20. The van der Waals surface area contributed by atoms with Crippen LogP contribution >= 0.6 is 23.4 Å². The molecule has 2 aromatic rings. The number of rotatable bonds is 3. The van der Waals surface area contributed by atoms with Gasteiger partial charge in [0.2, 0.25) is 0 Å². The molecular weight excluding hydrogens is 258 g/mol. The third-order valence-corrected chi connectivity index (χ3v) is 3.93. The van der Waals surface area contributed by atoms with Gasteiger partial charge in [-0.2, -0.15) is 0 Å². The van der Waals surface area contributed by atoms with E-state index in [1.807, 2.05) is 6.92 Å². The molecule has 0 unspecified atom stereocenters. The number of hydrogen-bond donors (Lipinski definition) is 0. The van der Waals surface area contributed by atoms with Gasteiger partial charge in [0.05, 0.1) is 6.20 Å². The third kappa shape index (κ3) is 2.30. The molecule has 0 N–H and O–H groups in total. The van der Waals surface area contributed by atoms with E-state index in [4.69, 9.17) is 16.0 Å². The van der Waals surface area contributed by atoms with E-state index in [0.29, 0.717) is 16.3 Å². The predicted molar refractivity (Wildman–Crippen MR) is 64.4 cm³/mol. The van der Waals surface area contributed by atoms with Gasteiger partial charge < -0.3 is 4.42 Å². The largest absolute Gasteiger partial charge is 0.440 e. The van der Waals surface area contributed by atoms with Gasteiger partial charge in [-0.15, -0.1) is 0 Å². The van der Waals surface area contributed by atoms with Crippen molar-refractivity contribution in [2.75, 3.05) is 0 Å². The number of hydrogen-bond acceptors (Lipinski definition) is 5. The van der Waals surface area contributed by atoms with E-state index in [2.05, 4.69) is 15.0 Å². The van der Waals surface area contributed by atoms with Gasteiger partial charge in [0.25, 0.3) is 5.22 Å². The van der Waals surface area contributed by atoms with Crippen LogP contribution in [0.15, 0.2) is 27.1 Å². The standard InChI is InChI=1S/C11H10ClN3OS/c1-6-8(12)14-9(7-2-3-7)15-10(6)17-11-13-4-5-16-11/h4-5,7H,2-3H2,1H3. The number of halogens is 1. The maximum atomic E-state index is 6.12. The molecular formula is C11H10ClN3OS. The summed E-state index contributed by atoms with van der Waals surface area (Å²) in [5.41, 5.74) is 0.874. The quantitative estimate of drug-likeness (QED) is 0.797. The Labute approximate surface area is 108 Å². The van der Waals surface area contributed by atoms with Crippen molar-refractivity contribution >= 4 is 23.4 Å². The summed E-state index contributed by atoms with van der Waals surface area (Å²) in [6.07, 6.45) is 5.47. The summed E-state index contributed by atoms with van der Waals surface area (Å²) in [4.78, 5) is 12.9. The molecule has 0 aliphatic heterocycles. The van der Waals surface area contributed by atoms with Crippen LogP contribution in [0, 0.1) is 6.92 Å². The van der Waals surface area contributed by atoms with Crippen LogP contribution in [0.4, 0.5) is 0 Å². The third-order valence-electron chi connectivity index (χ3n) is 2.60. The molecule has 0 amide bonds. The Hall–Kier alpha value is -1.07. The Morgan fingerprint density at radius 3 is 2.88 bits per heavy atom. The number of aromatic nitrogens is 3. The van der Waals surface area contributed by atoms with E-state index < -0.39 is 0 Å². The van der Waals surface area contributed by atoms with Crippen molar-refractivity contribution < 1.29 is 4.42 Å². The Balaban J connectivity index is 1.96.